The monoisotopic (exact) mass is 528 g/mol. The van der Waals surface area contributed by atoms with E-state index in [1.165, 1.54) is 12.1 Å². The van der Waals surface area contributed by atoms with Crippen LogP contribution in [0.15, 0.2) is 41.9 Å². The SMILES string of the molecule is CCc1cc(O)c2c(c1)C(C1O[C@H](CO)[C@@H](O)[C@H](O)[C@H]1O)c1cccc(O)c1C21OC2=C(O1)C(C)OC2=O. The Bertz CT molecular complexity index is 1350. The van der Waals surface area contributed by atoms with Crippen LogP contribution in [0.25, 0.3) is 0 Å². The molecule has 2 aromatic carbocycles. The third kappa shape index (κ3) is 3.23. The van der Waals surface area contributed by atoms with Crippen LogP contribution in [0.4, 0.5) is 0 Å². The van der Waals surface area contributed by atoms with Gasteiger partial charge in [-0.05, 0) is 42.2 Å². The van der Waals surface area contributed by atoms with E-state index >= 15 is 0 Å². The Kier molecular flexibility index (Phi) is 5.64. The van der Waals surface area contributed by atoms with E-state index < -0.39 is 60.9 Å². The highest BCUT2D eigenvalue weighted by atomic mass is 16.8. The summed E-state index contributed by atoms with van der Waals surface area (Å²) in [5.41, 5.74) is 1.65. The molecule has 6 N–H and O–H groups in total. The lowest BCUT2D eigenvalue weighted by Crippen LogP contribution is -2.60. The summed E-state index contributed by atoms with van der Waals surface area (Å²) in [6, 6.07) is 7.91. The molecule has 1 spiro atoms. The first-order valence-electron chi connectivity index (χ1n) is 12.4. The average molecular weight is 529 g/mol. The summed E-state index contributed by atoms with van der Waals surface area (Å²) >= 11 is 0. The predicted molar refractivity (Wildman–Crippen MR) is 127 cm³/mol. The number of cyclic esters (lactones) is 1. The second-order valence-electron chi connectivity index (χ2n) is 10.0. The van der Waals surface area contributed by atoms with Crippen LogP contribution in [0.1, 0.15) is 47.6 Å². The van der Waals surface area contributed by atoms with E-state index in [4.69, 9.17) is 18.9 Å². The van der Waals surface area contributed by atoms with Gasteiger partial charge in [-0.1, -0.05) is 25.1 Å². The van der Waals surface area contributed by atoms with Crippen LogP contribution in [-0.2, 0) is 35.9 Å². The van der Waals surface area contributed by atoms with Gasteiger partial charge in [0.2, 0.25) is 0 Å². The fraction of sp³-hybridized carbons (Fsp3) is 0.444. The molecule has 0 radical (unpaired) electrons. The molecule has 0 amide bonds. The Morgan fingerprint density at radius 3 is 2.37 bits per heavy atom. The third-order valence-electron chi connectivity index (χ3n) is 7.84. The van der Waals surface area contributed by atoms with Crippen molar-refractivity contribution in [3.05, 3.63) is 69.7 Å². The van der Waals surface area contributed by atoms with Gasteiger partial charge in [-0.15, -0.1) is 0 Å². The molecule has 38 heavy (non-hydrogen) atoms. The van der Waals surface area contributed by atoms with Crippen LogP contribution in [0.2, 0.25) is 0 Å². The van der Waals surface area contributed by atoms with Gasteiger partial charge in [0.05, 0.1) is 23.8 Å². The molecule has 4 aliphatic rings. The van der Waals surface area contributed by atoms with Crippen molar-refractivity contribution in [2.24, 2.45) is 0 Å². The van der Waals surface area contributed by atoms with Gasteiger partial charge in [-0.25, -0.2) is 4.79 Å². The number of carbonyl (C=O) groups excluding carboxylic acids is 1. The number of phenolic OH excluding ortho intramolecular Hbond substituents is 2. The normalized spacial score (nSPS) is 35.3. The Morgan fingerprint density at radius 2 is 1.68 bits per heavy atom. The highest BCUT2D eigenvalue weighted by Gasteiger charge is 2.62. The summed E-state index contributed by atoms with van der Waals surface area (Å²) in [4.78, 5) is 12.5. The molecule has 202 valence electrons. The van der Waals surface area contributed by atoms with Gasteiger partial charge in [-0.3, -0.25) is 0 Å². The van der Waals surface area contributed by atoms with Crippen LogP contribution >= 0.6 is 0 Å². The van der Waals surface area contributed by atoms with E-state index in [1.54, 1.807) is 25.1 Å². The average Bonchev–Trinajstić information content (AvgIpc) is 3.40. The number of rotatable bonds is 3. The number of aliphatic hydroxyl groups excluding tert-OH is 4. The highest BCUT2D eigenvalue weighted by Crippen LogP contribution is 2.60. The summed E-state index contributed by atoms with van der Waals surface area (Å²) in [5.74, 6) is -4.22. The molecule has 0 saturated carbocycles. The molecule has 3 heterocycles. The lowest BCUT2D eigenvalue weighted by molar-refractivity contribution is -0.233. The number of fused-ring (bicyclic) bond motifs is 4. The van der Waals surface area contributed by atoms with Crippen LogP contribution in [0.3, 0.4) is 0 Å². The third-order valence-corrected chi connectivity index (χ3v) is 7.84. The zero-order valence-electron chi connectivity index (χ0n) is 20.6. The number of phenols is 2. The molecule has 8 atom stereocenters. The van der Waals surface area contributed by atoms with Crippen LogP contribution in [0, 0.1) is 0 Å². The number of esters is 1. The van der Waals surface area contributed by atoms with Crippen molar-refractivity contribution in [2.75, 3.05) is 6.61 Å². The zero-order valence-corrected chi connectivity index (χ0v) is 20.6. The largest absolute Gasteiger partial charge is 0.507 e. The smallest absolute Gasteiger partial charge is 0.378 e. The van der Waals surface area contributed by atoms with Gasteiger partial charge in [0.15, 0.2) is 11.9 Å². The molecule has 0 aromatic heterocycles. The maximum Gasteiger partial charge on any atom is 0.378 e. The standard InChI is InChI=1S/C27H28O11/c1-3-11-7-13-17(24-22(33)21(32)20(31)16(9-28)36-24)12-5-4-6-14(29)18(12)27(19(13)15(30)8-11)37-23-10(2)35-26(34)25(23)38-27/h4-8,10,16-17,20-22,24,28-33H,3,9H2,1-2H3/t10?,16-,17?,20-,21+,22-,24?,27?/m1/s1. The second-order valence-corrected chi connectivity index (χ2v) is 10.0. The van der Waals surface area contributed by atoms with Crippen molar-refractivity contribution >= 4 is 5.97 Å². The number of aromatic hydroxyl groups is 2. The molecule has 6 rings (SSSR count). The van der Waals surface area contributed by atoms with Crippen molar-refractivity contribution in [2.45, 2.75) is 68.6 Å². The Balaban J connectivity index is 1.61. The lowest BCUT2D eigenvalue weighted by atomic mass is 9.69. The van der Waals surface area contributed by atoms with Gasteiger partial charge < -0.3 is 49.6 Å². The molecular formula is C27H28O11. The molecular weight excluding hydrogens is 500 g/mol. The molecule has 1 fully saturated rings. The number of ether oxygens (including phenoxy) is 4. The Hall–Kier alpha value is -3.35. The van der Waals surface area contributed by atoms with Gasteiger partial charge >= 0.3 is 11.8 Å². The van der Waals surface area contributed by atoms with Gasteiger partial charge in [0.25, 0.3) is 5.76 Å². The van der Waals surface area contributed by atoms with Gasteiger partial charge in [0, 0.05) is 5.92 Å². The summed E-state index contributed by atoms with van der Waals surface area (Å²) in [6.07, 6.45) is -7.46. The van der Waals surface area contributed by atoms with Gasteiger partial charge in [-0.2, -0.15) is 0 Å². The first-order valence-corrected chi connectivity index (χ1v) is 12.4. The molecule has 1 aliphatic carbocycles. The first kappa shape index (κ1) is 25.0. The van der Waals surface area contributed by atoms with Crippen molar-refractivity contribution in [1.29, 1.82) is 0 Å². The van der Waals surface area contributed by atoms with Crippen molar-refractivity contribution in [3.63, 3.8) is 0 Å². The summed E-state index contributed by atoms with van der Waals surface area (Å²) in [5, 5.41) is 64.4. The van der Waals surface area contributed by atoms with E-state index in [0.717, 1.165) is 5.56 Å². The molecule has 1 saturated heterocycles. The van der Waals surface area contributed by atoms with Gasteiger partial charge in [0.1, 0.15) is 35.9 Å². The lowest BCUT2D eigenvalue weighted by Gasteiger charge is -2.47. The number of carbonyl (C=O) groups is 1. The number of hydrogen-bond acceptors (Lipinski definition) is 11. The number of benzene rings is 2. The zero-order chi connectivity index (χ0) is 27.1. The number of aryl methyl sites for hydroxylation is 1. The predicted octanol–water partition coefficient (Wildman–Crippen LogP) is 0.353. The number of hydrogen-bond donors (Lipinski definition) is 6. The van der Waals surface area contributed by atoms with Crippen molar-refractivity contribution in [1.82, 2.24) is 0 Å². The second kappa shape index (κ2) is 8.58. The molecule has 0 bridgehead atoms. The number of aliphatic hydroxyl groups is 4. The molecule has 4 unspecified atom stereocenters. The minimum Gasteiger partial charge on any atom is -0.507 e. The van der Waals surface area contributed by atoms with Crippen LogP contribution in [0.5, 0.6) is 11.5 Å². The maximum absolute atomic E-state index is 12.5. The quantitative estimate of drug-likeness (QED) is 0.303. The van der Waals surface area contributed by atoms with Crippen molar-refractivity contribution in [3.8, 4) is 11.5 Å². The van der Waals surface area contributed by atoms with E-state index in [1.807, 2.05) is 6.92 Å². The van der Waals surface area contributed by atoms with Crippen LogP contribution < -0.4 is 0 Å². The summed E-state index contributed by atoms with van der Waals surface area (Å²) in [6.45, 7) is 2.87. The molecule has 3 aliphatic heterocycles. The summed E-state index contributed by atoms with van der Waals surface area (Å²) in [7, 11) is 0. The molecule has 2 aromatic rings. The minimum absolute atomic E-state index is 0.0726. The van der Waals surface area contributed by atoms with E-state index in [9.17, 15) is 35.4 Å². The topological polar surface area (TPSA) is 175 Å². The maximum atomic E-state index is 12.5. The fourth-order valence-corrected chi connectivity index (χ4v) is 6.04. The fourth-order valence-electron chi connectivity index (χ4n) is 6.04. The first-order chi connectivity index (χ1) is 18.1. The van der Waals surface area contributed by atoms with Crippen molar-refractivity contribution < 1.29 is 54.4 Å². The Labute approximate surface area is 217 Å². The van der Waals surface area contributed by atoms with E-state index in [-0.39, 0.29) is 34.1 Å². The molecule has 11 nitrogen and oxygen atoms in total. The van der Waals surface area contributed by atoms with Crippen LogP contribution in [-0.4, -0.2) is 79.8 Å². The molecule has 11 heteroatoms. The van der Waals surface area contributed by atoms with E-state index in [0.29, 0.717) is 17.5 Å². The van der Waals surface area contributed by atoms with E-state index in [2.05, 4.69) is 0 Å². The highest BCUT2D eigenvalue weighted by molar-refractivity contribution is 5.90. The summed E-state index contributed by atoms with van der Waals surface area (Å²) < 4.78 is 23.6. The minimum atomic E-state index is -1.96. The Morgan fingerprint density at radius 1 is 0.947 bits per heavy atom.